The molecule has 1 unspecified atom stereocenters. The topological polar surface area (TPSA) is 89.6 Å². The monoisotopic (exact) mass is 291 g/mol. The van der Waals surface area contributed by atoms with E-state index in [1.54, 1.807) is 20.4 Å². The Morgan fingerprint density at radius 2 is 2.10 bits per heavy atom. The summed E-state index contributed by atoms with van der Waals surface area (Å²) in [4.78, 5) is 4.34. The molecule has 0 aliphatic rings. The normalized spacial score (nSPS) is 12.2. The van der Waals surface area contributed by atoms with Gasteiger partial charge in [-0.25, -0.2) is 4.98 Å². The highest BCUT2D eigenvalue weighted by Gasteiger charge is 2.16. The van der Waals surface area contributed by atoms with E-state index in [0.29, 0.717) is 23.0 Å². The number of hydrogen-bond donors (Lipinski definition) is 3. The van der Waals surface area contributed by atoms with Gasteiger partial charge in [0.1, 0.15) is 5.82 Å². The lowest BCUT2D eigenvalue weighted by molar-refractivity contribution is 0.271. The van der Waals surface area contributed by atoms with Crippen LogP contribution in [0.3, 0.4) is 0 Å². The molecular formula is C15H21N3O3. The van der Waals surface area contributed by atoms with E-state index >= 15 is 0 Å². The second-order valence-corrected chi connectivity index (χ2v) is 4.71. The molecule has 0 aliphatic heterocycles. The van der Waals surface area contributed by atoms with E-state index in [2.05, 4.69) is 10.3 Å². The molecule has 0 bridgehead atoms. The molecule has 0 amide bonds. The molecule has 1 atom stereocenters. The maximum atomic E-state index is 9.34. The number of nitrogen functional groups attached to an aromatic ring is 1. The Hall–Kier alpha value is -2.21. The molecule has 0 fully saturated rings. The third-order valence-corrected chi connectivity index (χ3v) is 3.50. The molecule has 4 N–H and O–H groups in total. The lowest BCUT2D eigenvalue weighted by Crippen LogP contribution is -2.23. The summed E-state index contributed by atoms with van der Waals surface area (Å²) in [6.07, 6.45) is 2.47. The minimum absolute atomic E-state index is 0.0390. The average Bonchev–Trinajstić information content (AvgIpc) is 2.52. The van der Waals surface area contributed by atoms with Crippen molar-refractivity contribution in [2.24, 2.45) is 0 Å². The molecule has 2 aromatic rings. The Balaban J connectivity index is 2.61. The number of fused-ring (bicyclic) bond motifs is 1. The largest absolute Gasteiger partial charge is 0.493 e. The third-order valence-electron chi connectivity index (χ3n) is 3.50. The van der Waals surface area contributed by atoms with Crippen molar-refractivity contribution in [1.29, 1.82) is 0 Å². The van der Waals surface area contributed by atoms with E-state index in [4.69, 9.17) is 15.2 Å². The van der Waals surface area contributed by atoms with Crippen LogP contribution in [-0.4, -0.2) is 37.0 Å². The molecule has 0 saturated heterocycles. The van der Waals surface area contributed by atoms with E-state index in [0.717, 1.165) is 17.2 Å². The number of pyridine rings is 1. The van der Waals surface area contributed by atoms with E-state index in [9.17, 15) is 5.11 Å². The van der Waals surface area contributed by atoms with Crippen molar-refractivity contribution >= 4 is 22.3 Å². The summed E-state index contributed by atoms with van der Waals surface area (Å²) in [5, 5.41) is 14.2. The van der Waals surface area contributed by atoms with Crippen LogP contribution in [0.15, 0.2) is 18.3 Å². The first-order valence-electron chi connectivity index (χ1n) is 6.82. The van der Waals surface area contributed by atoms with Crippen LogP contribution in [-0.2, 0) is 0 Å². The molecule has 21 heavy (non-hydrogen) atoms. The molecule has 0 saturated carbocycles. The zero-order valence-electron chi connectivity index (χ0n) is 12.5. The Kier molecular flexibility index (Phi) is 4.70. The molecule has 1 heterocycles. The summed E-state index contributed by atoms with van der Waals surface area (Å²) >= 11 is 0. The Morgan fingerprint density at radius 3 is 2.67 bits per heavy atom. The number of ether oxygens (including phenoxy) is 2. The average molecular weight is 291 g/mol. The lowest BCUT2D eigenvalue weighted by Gasteiger charge is -2.18. The van der Waals surface area contributed by atoms with Crippen molar-refractivity contribution in [1.82, 2.24) is 4.98 Å². The molecule has 0 spiro atoms. The molecule has 1 aromatic carbocycles. The zero-order chi connectivity index (χ0) is 15.4. The van der Waals surface area contributed by atoms with Crippen molar-refractivity contribution in [2.75, 3.05) is 31.9 Å². The summed E-state index contributed by atoms with van der Waals surface area (Å²) in [5.74, 6) is 1.73. The van der Waals surface area contributed by atoms with Crippen molar-refractivity contribution in [3.63, 3.8) is 0 Å². The predicted molar refractivity (Wildman–Crippen MR) is 84.0 cm³/mol. The van der Waals surface area contributed by atoms with Gasteiger partial charge in [-0.15, -0.1) is 0 Å². The van der Waals surface area contributed by atoms with E-state index < -0.39 is 0 Å². The van der Waals surface area contributed by atoms with Crippen molar-refractivity contribution in [3.8, 4) is 11.5 Å². The number of rotatable bonds is 6. The van der Waals surface area contributed by atoms with E-state index in [-0.39, 0.29) is 12.6 Å². The summed E-state index contributed by atoms with van der Waals surface area (Å²) in [6.45, 7) is 2.04. The van der Waals surface area contributed by atoms with Gasteiger partial charge in [-0.05, 0) is 18.6 Å². The third kappa shape index (κ3) is 2.80. The van der Waals surface area contributed by atoms with Gasteiger partial charge in [0.05, 0.1) is 32.6 Å². The number of anilines is 2. The first-order valence-corrected chi connectivity index (χ1v) is 6.82. The zero-order valence-corrected chi connectivity index (χ0v) is 12.5. The van der Waals surface area contributed by atoms with Crippen LogP contribution >= 0.6 is 0 Å². The maximum absolute atomic E-state index is 9.34. The highest BCUT2D eigenvalue weighted by molar-refractivity contribution is 6.03. The second-order valence-electron chi connectivity index (χ2n) is 4.71. The Labute approximate surface area is 123 Å². The molecule has 2 rings (SSSR count). The number of nitrogens with one attached hydrogen (secondary N) is 1. The van der Waals surface area contributed by atoms with E-state index in [1.807, 2.05) is 19.1 Å². The minimum atomic E-state index is -0.0579. The molecule has 0 radical (unpaired) electrons. The van der Waals surface area contributed by atoms with Crippen LogP contribution in [0.1, 0.15) is 13.3 Å². The van der Waals surface area contributed by atoms with Gasteiger partial charge in [-0.2, -0.15) is 0 Å². The van der Waals surface area contributed by atoms with Crippen LogP contribution in [0.25, 0.3) is 10.8 Å². The fourth-order valence-electron chi connectivity index (χ4n) is 2.25. The summed E-state index contributed by atoms with van der Waals surface area (Å²) in [5.41, 5.74) is 6.67. The molecule has 1 aromatic heterocycles. The van der Waals surface area contributed by atoms with Crippen LogP contribution in [0.5, 0.6) is 11.5 Å². The van der Waals surface area contributed by atoms with Crippen LogP contribution in [0.2, 0.25) is 0 Å². The van der Waals surface area contributed by atoms with Crippen LogP contribution < -0.4 is 20.5 Å². The number of nitrogens with zero attached hydrogens (tertiary/aromatic N) is 1. The molecule has 6 heteroatoms. The summed E-state index contributed by atoms with van der Waals surface area (Å²) in [7, 11) is 3.12. The number of aliphatic hydroxyl groups is 1. The number of methoxy groups -OCH3 is 2. The molecular weight excluding hydrogens is 270 g/mol. The van der Waals surface area contributed by atoms with Gasteiger partial charge < -0.3 is 25.6 Å². The smallest absolute Gasteiger partial charge is 0.184 e. The fourth-order valence-corrected chi connectivity index (χ4v) is 2.25. The number of hydrogen-bond acceptors (Lipinski definition) is 6. The van der Waals surface area contributed by atoms with Gasteiger partial charge in [0.25, 0.3) is 0 Å². The number of aromatic nitrogens is 1. The highest BCUT2D eigenvalue weighted by atomic mass is 16.5. The maximum Gasteiger partial charge on any atom is 0.184 e. The number of nitrogens with two attached hydrogens (primary N) is 1. The molecule has 6 nitrogen and oxygen atoms in total. The Morgan fingerprint density at radius 1 is 1.33 bits per heavy atom. The molecule has 0 aliphatic carbocycles. The van der Waals surface area contributed by atoms with Crippen molar-refractivity contribution < 1.29 is 14.6 Å². The fraction of sp³-hybridized carbons (Fsp3) is 0.400. The van der Waals surface area contributed by atoms with Gasteiger partial charge in [-0.1, -0.05) is 6.92 Å². The van der Waals surface area contributed by atoms with Gasteiger partial charge in [0.15, 0.2) is 11.5 Å². The van der Waals surface area contributed by atoms with Crippen LogP contribution in [0.4, 0.5) is 11.5 Å². The van der Waals surface area contributed by atoms with Crippen molar-refractivity contribution in [3.05, 3.63) is 18.3 Å². The first kappa shape index (κ1) is 15.2. The number of benzene rings is 1. The van der Waals surface area contributed by atoms with Gasteiger partial charge >= 0.3 is 0 Å². The SMILES string of the molecule is CCC(CO)Nc1nccc2c(N)c(OC)c(OC)cc12. The second kappa shape index (κ2) is 6.49. The first-order chi connectivity index (χ1) is 10.2. The quantitative estimate of drug-likeness (QED) is 0.705. The van der Waals surface area contributed by atoms with Crippen LogP contribution in [0, 0.1) is 0 Å². The van der Waals surface area contributed by atoms with E-state index in [1.165, 1.54) is 0 Å². The van der Waals surface area contributed by atoms with Gasteiger partial charge in [-0.3, -0.25) is 0 Å². The van der Waals surface area contributed by atoms with Gasteiger partial charge in [0, 0.05) is 17.0 Å². The lowest BCUT2D eigenvalue weighted by atomic mass is 10.1. The highest BCUT2D eigenvalue weighted by Crippen LogP contribution is 2.41. The number of aliphatic hydroxyl groups excluding tert-OH is 1. The predicted octanol–water partition coefficient (Wildman–Crippen LogP) is 2.02. The summed E-state index contributed by atoms with van der Waals surface area (Å²) < 4.78 is 10.6. The minimum Gasteiger partial charge on any atom is -0.493 e. The summed E-state index contributed by atoms with van der Waals surface area (Å²) in [6, 6.07) is 3.61. The van der Waals surface area contributed by atoms with Gasteiger partial charge in [0.2, 0.25) is 0 Å². The van der Waals surface area contributed by atoms with Crippen molar-refractivity contribution in [2.45, 2.75) is 19.4 Å². The Bertz CT molecular complexity index is 627. The standard InChI is InChI=1S/C15H21N3O3/c1-4-9(8-19)18-15-11-7-12(20-2)14(21-3)13(16)10(11)5-6-17-15/h5-7,9,19H,4,8,16H2,1-3H3,(H,17,18). The molecule has 114 valence electrons.